The number of hydrogen-bond acceptors (Lipinski definition) is 5. The molecule has 2 heterocycles. The number of ether oxygens (including phenoxy) is 2. The fourth-order valence-electron chi connectivity index (χ4n) is 1.73. The highest BCUT2D eigenvalue weighted by atomic mass is 16.5. The molecule has 2 rings (SSSR count). The maximum atomic E-state index is 5.61. The number of nitrogens with zero attached hydrogens (tertiary/aromatic N) is 1. The predicted molar refractivity (Wildman–Crippen MR) is 58.0 cm³/mol. The van der Waals surface area contributed by atoms with E-state index < -0.39 is 0 Å². The third-order valence-electron chi connectivity index (χ3n) is 2.58. The van der Waals surface area contributed by atoms with E-state index in [-0.39, 0.29) is 6.10 Å². The number of aromatic nitrogens is 1. The van der Waals surface area contributed by atoms with Gasteiger partial charge in [0, 0.05) is 20.3 Å². The number of methoxy groups -OCH3 is 1. The van der Waals surface area contributed by atoms with E-state index >= 15 is 0 Å². The summed E-state index contributed by atoms with van der Waals surface area (Å²) in [5, 5.41) is 3.18. The fraction of sp³-hybridized carbons (Fsp3) is 0.727. The Hall–Kier alpha value is -0.910. The monoisotopic (exact) mass is 226 g/mol. The van der Waals surface area contributed by atoms with Crippen molar-refractivity contribution in [3.05, 3.63) is 17.8 Å². The van der Waals surface area contributed by atoms with Gasteiger partial charge in [-0.25, -0.2) is 4.98 Å². The van der Waals surface area contributed by atoms with Gasteiger partial charge in [0.1, 0.15) is 6.10 Å². The molecular formula is C11H18N2O3. The van der Waals surface area contributed by atoms with Crippen LogP contribution in [0.3, 0.4) is 0 Å². The molecule has 0 aromatic carbocycles. The normalized spacial score (nSPS) is 20.4. The molecule has 5 heteroatoms. The van der Waals surface area contributed by atoms with Gasteiger partial charge in [0.15, 0.2) is 5.76 Å². The molecule has 16 heavy (non-hydrogen) atoms. The average Bonchev–Trinajstić information content (AvgIpc) is 2.94. The molecule has 1 aliphatic rings. The molecule has 1 aromatic rings. The molecular weight excluding hydrogens is 208 g/mol. The van der Waals surface area contributed by atoms with Crippen LogP contribution in [0.4, 0.5) is 0 Å². The molecule has 0 bridgehead atoms. The topological polar surface area (TPSA) is 56.5 Å². The standard InChI is InChI=1S/C11H18N2O3/c1-14-6-4-12-8-11-13-7-10(16-11)9-3-2-5-15-9/h7,9,12H,2-6,8H2,1H3. The fourth-order valence-corrected chi connectivity index (χ4v) is 1.73. The zero-order valence-electron chi connectivity index (χ0n) is 9.57. The summed E-state index contributed by atoms with van der Waals surface area (Å²) in [6.07, 6.45) is 4.02. The molecule has 0 amide bonds. The average molecular weight is 226 g/mol. The highest BCUT2D eigenvalue weighted by molar-refractivity contribution is 4.99. The number of rotatable bonds is 6. The largest absolute Gasteiger partial charge is 0.442 e. The van der Waals surface area contributed by atoms with Crippen LogP contribution >= 0.6 is 0 Å². The first kappa shape index (κ1) is 11.6. The van der Waals surface area contributed by atoms with Gasteiger partial charge < -0.3 is 19.2 Å². The Balaban J connectivity index is 1.77. The van der Waals surface area contributed by atoms with Crippen LogP contribution in [0.25, 0.3) is 0 Å². The van der Waals surface area contributed by atoms with E-state index in [0.29, 0.717) is 19.0 Å². The molecule has 1 fully saturated rings. The summed E-state index contributed by atoms with van der Waals surface area (Å²) in [4.78, 5) is 4.21. The third-order valence-corrected chi connectivity index (χ3v) is 2.58. The molecule has 0 aliphatic carbocycles. The van der Waals surface area contributed by atoms with Gasteiger partial charge in [-0.05, 0) is 12.8 Å². The minimum atomic E-state index is 0.111. The van der Waals surface area contributed by atoms with Crippen LogP contribution in [-0.4, -0.2) is 31.9 Å². The van der Waals surface area contributed by atoms with Crippen molar-refractivity contribution in [1.82, 2.24) is 10.3 Å². The van der Waals surface area contributed by atoms with Crippen molar-refractivity contribution in [3.8, 4) is 0 Å². The molecule has 5 nitrogen and oxygen atoms in total. The van der Waals surface area contributed by atoms with E-state index in [1.54, 1.807) is 13.3 Å². The maximum Gasteiger partial charge on any atom is 0.208 e. The first-order valence-electron chi connectivity index (χ1n) is 5.66. The van der Waals surface area contributed by atoms with Crippen molar-refractivity contribution in [2.24, 2.45) is 0 Å². The lowest BCUT2D eigenvalue weighted by atomic mass is 10.2. The zero-order valence-corrected chi connectivity index (χ0v) is 9.57. The van der Waals surface area contributed by atoms with Crippen molar-refractivity contribution in [2.75, 3.05) is 26.9 Å². The highest BCUT2D eigenvalue weighted by Crippen LogP contribution is 2.28. The molecule has 1 unspecified atom stereocenters. The second-order valence-corrected chi connectivity index (χ2v) is 3.83. The Bertz CT molecular complexity index is 308. The molecule has 1 saturated heterocycles. The summed E-state index contributed by atoms with van der Waals surface area (Å²) in [6, 6.07) is 0. The lowest BCUT2D eigenvalue weighted by Crippen LogP contribution is -2.18. The van der Waals surface area contributed by atoms with Gasteiger partial charge in [-0.3, -0.25) is 0 Å². The second-order valence-electron chi connectivity index (χ2n) is 3.83. The maximum absolute atomic E-state index is 5.61. The highest BCUT2D eigenvalue weighted by Gasteiger charge is 2.21. The predicted octanol–water partition coefficient (Wildman–Crippen LogP) is 1.26. The Morgan fingerprint density at radius 1 is 1.62 bits per heavy atom. The lowest BCUT2D eigenvalue weighted by molar-refractivity contribution is 0.0922. The minimum absolute atomic E-state index is 0.111. The van der Waals surface area contributed by atoms with E-state index in [2.05, 4.69) is 10.3 Å². The van der Waals surface area contributed by atoms with E-state index in [1.165, 1.54) is 0 Å². The summed E-state index contributed by atoms with van der Waals surface area (Å²) in [5.74, 6) is 1.56. The molecule has 0 spiro atoms. The third kappa shape index (κ3) is 3.04. The lowest BCUT2D eigenvalue weighted by Gasteiger charge is -2.04. The Kier molecular flexibility index (Phi) is 4.33. The molecule has 90 valence electrons. The molecule has 0 radical (unpaired) electrons. The van der Waals surface area contributed by atoms with Crippen LogP contribution in [-0.2, 0) is 16.0 Å². The van der Waals surface area contributed by atoms with Crippen LogP contribution in [0, 0.1) is 0 Å². The van der Waals surface area contributed by atoms with Crippen LogP contribution in [0.2, 0.25) is 0 Å². The smallest absolute Gasteiger partial charge is 0.208 e. The van der Waals surface area contributed by atoms with Crippen LogP contribution in [0.1, 0.15) is 30.6 Å². The summed E-state index contributed by atoms with van der Waals surface area (Å²) in [7, 11) is 1.68. The van der Waals surface area contributed by atoms with Crippen molar-refractivity contribution in [3.63, 3.8) is 0 Å². The summed E-state index contributed by atoms with van der Waals surface area (Å²) < 4.78 is 16.1. The van der Waals surface area contributed by atoms with E-state index in [4.69, 9.17) is 13.9 Å². The Labute approximate surface area is 95.1 Å². The van der Waals surface area contributed by atoms with Crippen LogP contribution in [0.15, 0.2) is 10.6 Å². The van der Waals surface area contributed by atoms with Gasteiger partial charge >= 0.3 is 0 Å². The minimum Gasteiger partial charge on any atom is -0.442 e. The van der Waals surface area contributed by atoms with Gasteiger partial charge in [0.2, 0.25) is 5.89 Å². The summed E-state index contributed by atoms with van der Waals surface area (Å²) >= 11 is 0. The summed E-state index contributed by atoms with van der Waals surface area (Å²) in [6.45, 7) is 2.95. The van der Waals surface area contributed by atoms with Gasteiger partial charge in [-0.1, -0.05) is 0 Å². The van der Waals surface area contributed by atoms with Crippen LogP contribution in [0.5, 0.6) is 0 Å². The van der Waals surface area contributed by atoms with E-state index in [1.807, 2.05) is 0 Å². The van der Waals surface area contributed by atoms with E-state index in [0.717, 1.165) is 31.8 Å². The Morgan fingerprint density at radius 2 is 2.56 bits per heavy atom. The molecule has 1 N–H and O–H groups in total. The van der Waals surface area contributed by atoms with Crippen molar-refractivity contribution in [2.45, 2.75) is 25.5 Å². The second kappa shape index (κ2) is 5.98. The zero-order chi connectivity index (χ0) is 11.2. The summed E-state index contributed by atoms with van der Waals surface area (Å²) in [5.41, 5.74) is 0. The SMILES string of the molecule is COCCNCc1ncc(C2CCCO2)o1. The van der Waals surface area contributed by atoms with Gasteiger partial charge in [-0.2, -0.15) is 0 Å². The quantitative estimate of drug-likeness (QED) is 0.740. The van der Waals surface area contributed by atoms with Gasteiger partial charge in [0.05, 0.1) is 19.3 Å². The van der Waals surface area contributed by atoms with Crippen molar-refractivity contribution < 1.29 is 13.9 Å². The molecule has 1 atom stereocenters. The van der Waals surface area contributed by atoms with Crippen molar-refractivity contribution >= 4 is 0 Å². The van der Waals surface area contributed by atoms with E-state index in [9.17, 15) is 0 Å². The molecule has 1 aliphatic heterocycles. The number of nitrogens with one attached hydrogen (secondary N) is 1. The first-order valence-corrected chi connectivity index (χ1v) is 5.66. The van der Waals surface area contributed by atoms with Gasteiger partial charge in [-0.15, -0.1) is 0 Å². The first-order chi connectivity index (χ1) is 7.90. The van der Waals surface area contributed by atoms with Crippen LogP contribution < -0.4 is 5.32 Å². The van der Waals surface area contributed by atoms with Gasteiger partial charge in [0.25, 0.3) is 0 Å². The Morgan fingerprint density at radius 3 is 3.31 bits per heavy atom. The molecule has 1 aromatic heterocycles. The molecule has 0 saturated carbocycles. The van der Waals surface area contributed by atoms with Crippen molar-refractivity contribution in [1.29, 1.82) is 0 Å². The number of oxazole rings is 1. The number of hydrogen-bond donors (Lipinski definition) is 1.